The summed E-state index contributed by atoms with van der Waals surface area (Å²) in [5, 5.41) is 3.85. The van der Waals surface area contributed by atoms with Crippen molar-refractivity contribution in [2.45, 2.75) is 6.61 Å². The Balaban J connectivity index is 1.83. The Hall–Kier alpha value is -2.15. The van der Waals surface area contributed by atoms with Gasteiger partial charge in [-0.2, -0.15) is 0 Å². The number of hydrazine groups is 1. The molecule has 0 atom stereocenters. The highest BCUT2D eigenvalue weighted by molar-refractivity contribution is 7.80. The summed E-state index contributed by atoms with van der Waals surface area (Å²) in [6, 6.07) is 14.2. The molecule has 0 saturated heterocycles. The fraction of sp³-hybridized carbons (Fsp3) is 0.125. The monoisotopic (exact) mass is 349 g/mol. The van der Waals surface area contributed by atoms with E-state index in [1.807, 2.05) is 12.1 Å². The average molecular weight is 350 g/mol. The van der Waals surface area contributed by atoms with Crippen LogP contribution in [0, 0.1) is 0 Å². The van der Waals surface area contributed by atoms with Gasteiger partial charge < -0.3 is 10.1 Å². The zero-order valence-corrected chi connectivity index (χ0v) is 14.0. The van der Waals surface area contributed by atoms with Crippen LogP contribution >= 0.6 is 23.8 Å². The number of anilines is 1. The molecule has 0 radical (unpaired) electrons. The summed E-state index contributed by atoms with van der Waals surface area (Å²) in [5.74, 6) is -0.283. The van der Waals surface area contributed by atoms with Gasteiger partial charge in [0.15, 0.2) is 5.11 Å². The van der Waals surface area contributed by atoms with Crippen LogP contribution in [-0.2, 0) is 11.3 Å². The molecule has 0 aliphatic carbocycles. The maximum Gasteiger partial charge on any atom is 0.269 e. The van der Waals surface area contributed by atoms with E-state index in [2.05, 4.69) is 16.2 Å². The molecule has 0 bridgehead atoms. The molecule has 2 rings (SSSR count). The number of nitrogens with one attached hydrogen (secondary N) is 3. The first-order valence-electron chi connectivity index (χ1n) is 6.79. The Morgan fingerprint density at radius 3 is 2.35 bits per heavy atom. The lowest BCUT2D eigenvalue weighted by molar-refractivity contribution is 0.0944. The summed E-state index contributed by atoms with van der Waals surface area (Å²) in [6.45, 7) is 0.509. The highest BCUT2D eigenvalue weighted by atomic mass is 35.5. The minimum Gasteiger partial charge on any atom is -0.380 e. The summed E-state index contributed by atoms with van der Waals surface area (Å²) < 4.78 is 5.02. The Bertz CT molecular complexity index is 675. The molecule has 0 saturated carbocycles. The normalized spacial score (nSPS) is 10.0. The van der Waals surface area contributed by atoms with Gasteiger partial charge in [0.05, 0.1) is 6.61 Å². The van der Waals surface area contributed by atoms with E-state index in [0.717, 1.165) is 11.3 Å². The van der Waals surface area contributed by atoms with Crippen LogP contribution in [0.5, 0.6) is 0 Å². The van der Waals surface area contributed by atoms with Gasteiger partial charge in [-0.05, 0) is 54.2 Å². The Kier molecular flexibility index (Phi) is 6.34. The van der Waals surface area contributed by atoms with Gasteiger partial charge >= 0.3 is 0 Å². The van der Waals surface area contributed by atoms with E-state index in [0.29, 0.717) is 17.2 Å². The van der Waals surface area contributed by atoms with Crippen LogP contribution in [-0.4, -0.2) is 18.1 Å². The van der Waals surface area contributed by atoms with Crippen molar-refractivity contribution >= 4 is 40.5 Å². The summed E-state index contributed by atoms with van der Waals surface area (Å²) in [7, 11) is 1.62. The molecule has 5 nitrogen and oxygen atoms in total. The van der Waals surface area contributed by atoms with Crippen molar-refractivity contribution in [1.82, 2.24) is 10.9 Å². The zero-order valence-electron chi connectivity index (χ0n) is 12.4. The fourth-order valence-electron chi connectivity index (χ4n) is 1.80. The Morgan fingerprint density at radius 2 is 1.74 bits per heavy atom. The molecular weight excluding hydrogens is 334 g/mol. The maximum absolute atomic E-state index is 12.0. The zero-order chi connectivity index (χ0) is 16.7. The van der Waals surface area contributed by atoms with Crippen LogP contribution in [0.25, 0.3) is 0 Å². The van der Waals surface area contributed by atoms with Crippen molar-refractivity contribution in [1.29, 1.82) is 0 Å². The summed E-state index contributed by atoms with van der Waals surface area (Å²) in [5.41, 5.74) is 7.46. The number of thiocarbonyl (C=S) groups is 1. The number of benzene rings is 2. The second-order valence-electron chi connectivity index (χ2n) is 4.67. The van der Waals surface area contributed by atoms with Gasteiger partial charge in [0.1, 0.15) is 0 Å². The number of methoxy groups -OCH3 is 1. The smallest absolute Gasteiger partial charge is 0.269 e. The standard InChI is InChI=1S/C16H16ClN3O2S/c1-22-10-11-2-4-12(5-3-11)15(21)19-20-16(23)18-14-8-6-13(17)7-9-14/h2-9H,10H2,1H3,(H,19,21)(H2,18,20,23). The van der Waals surface area contributed by atoms with Crippen molar-refractivity contribution in [3.8, 4) is 0 Å². The number of hydrogen-bond donors (Lipinski definition) is 3. The molecule has 2 aromatic carbocycles. The van der Waals surface area contributed by atoms with E-state index in [9.17, 15) is 4.79 Å². The van der Waals surface area contributed by atoms with E-state index in [1.54, 1.807) is 43.5 Å². The molecular formula is C16H16ClN3O2S. The van der Waals surface area contributed by atoms with Crippen molar-refractivity contribution < 1.29 is 9.53 Å². The van der Waals surface area contributed by atoms with E-state index in [-0.39, 0.29) is 11.0 Å². The molecule has 120 valence electrons. The highest BCUT2D eigenvalue weighted by Crippen LogP contribution is 2.13. The van der Waals surface area contributed by atoms with Gasteiger partial charge in [-0.3, -0.25) is 15.6 Å². The van der Waals surface area contributed by atoms with Crippen LogP contribution in [0.15, 0.2) is 48.5 Å². The van der Waals surface area contributed by atoms with Gasteiger partial charge in [-0.15, -0.1) is 0 Å². The van der Waals surface area contributed by atoms with Gasteiger partial charge in [0, 0.05) is 23.4 Å². The number of carbonyl (C=O) groups is 1. The lowest BCUT2D eigenvalue weighted by Gasteiger charge is -2.12. The van der Waals surface area contributed by atoms with Crippen molar-refractivity contribution in [2.24, 2.45) is 0 Å². The second-order valence-corrected chi connectivity index (χ2v) is 5.51. The van der Waals surface area contributed by atoms with Crippen molar-refractivity contribution in [3.05, 3.63) is 64.7 Å². The number of hydrogen-bond acceptors (Lipinski definition) is 3. The third kappa shape index (κ3) is 5.52. The largest absolute Gasteiger partial charge is 0.380 e. The number of carbonyl (C=O) groups excluding carboxylic acids is 1. The molecule has 3 N–H and O–H groups in total. The Morgan fingerprint density at radius 1 is 1.09 bits per heavy atom. The molecule has 0 aliphatic rings. The van der Waals surface area contributed by atoms with Gasteiger partial charge in [-0.25, -0.2) is 0 Å². The summed E-state index contributed by atoms with van der Waals surface area (Å²) >= 11 is 10.9. The van der Waals surface area contributed by atoms with Crippen LogP contribution in [0.3, 0.4) is 0 Å². The molecule has 1 amide bonds. The van der Waals surface area contributed by atoms with E-state index in [4.69, 9.17) is 28.6 Å². The number of rotatable bonds is 4. The fourth-order valence-corrected chi connectivity index (χ4v) is 2.10. The topological polar surface area (TPSA) is 62.4 Å². The predicted octanol–water partition coefficient (Wildman–Crippen LogP) is 3.12. The third-order valence-electron chi connectivity index (χ3n) is 2.92. The molecule has 0 heterocycles. The first kappa shape index (κ1) is 17.2. The first-order chi connectivity index (χ1) is 11.1. The van der Waals surface area contributed by atoms with Crippen LogP contribution in [0.2, 0.25) is 5.02 Å². The summed E-state index contributed by atoms with van der Waals surface area (Å²) in [6.07, 6.45) is 0. The second kappa shape index (κ2) is 8.47. The SMILES string of the molecule is COCc1ccc(C(=O)NNC(=S)Nc2ccc(Cl)cc2)cc1. The lowest BCUT2D eigenvalue weighted by atomic mass is 10.1. The van der Waals surface area contributed by atoms with Gasteiger partial charge in [-0.1, -0.05) is 23.7 Å². The number of amides is 1. The van der Waals surface area contributed by atoms with Crippen LogP contribution in [0.1, 0.15) is 15.9 Å². The Labute approximate surface area is 145 Å². The van der Waals surface area contributed by atoms with E-state index in [1.165, 1.54) is 0 Å². The van der Waals surface area contributed by atoms with Gasteiger partial charge in [0.25, 0.3) is 5.91 Å². The van der Waals surface area contributed by atoms with E-state index < -0.39 is 0 Å². The quantitative estimate of drug-likeness (QED) is 0.584. The molecule has 2 aromatic rings. The van der Waals surface area contributed by atoms with Gasteiger partial charge in [0.2, 0.25) is 0 Å². The molecule has 23 heavy (non-hydrogen) atoms. The molecule has 0 unspecified atom stereocenters. The predicted molar refractivity (Wildman–Crippen MR) is 95.4 cm³/mol. The molecule has 0 fully saturated rings. The third-order valence-corrected chi connectivity index (χ3v) is 3.37. The highest BCUT2D eigenvalue weighted by Gasteiger charge is 2.06. The van der Waals surface area contributed by atoms with Crippen LogP contribution < -0.4 is 16.2 Å². The maximum atomic E-state index is 12.0. The van der Waals surface area contributed by atoms with E-state index >= 15 is 0 Å². The molecule has 0 aromatic heterocycles. The van der Waals surface area contributed by atoms with Crippen molar-refractivity contribution in [3.63, 3.8) is 0 Å². The number of ether oxygens (including phenoxy) is 1. The minimum atomic E-state index is -0.283. The molecule has 0 spiro atoms. The van der Waals surface area contributed by atoms with Crippen LogP contribution in [0.4, 0.5) is 5.69 Å². The van der Waals surface area contributed by atoms with Crippen molar-refractivity contribution in [2.75, 3.05) is 12.4 Å². The average Bonchev–Trinajstić information content (AvgIpc) is 2.56. The lowest BCUT2D eigenvalue weighted by Crippen LogP contribution is -2.43. The minimum absolute atomic E-state index is 0.275. The summed E-state index contributed by atoms with van der Waals surface area (Å²) in [4.78, 5) is 12.0. The first-order valence-corrected chi connectivity index (χ1v) is 7.58. The number of halogens is 1. The molecule has 0 aliphatic heterocycles. The molecule has 7 heteroatoms.